The number of aromatic nitrogens is 2. The number of fused-ring (bicyclic) bond motifs is 4. The van der Waals surface area contributed by atoms with Gasteiger partial charge in [0, 0.05) is 30.6 Å². The summed E-state index contributed by atoms with van der Waals surface area (Å²) in [6.45, 7) is 3.44. The molecule has 3 fully saturated rings. The van der Waals surface area contributed by atoms with Crippen LogP contribution in [0.4, 0.5) is 0 Å². The van der Waals surface area contributed by atoms with Crippen molar-refractivity contribution in [1.29, 1.82) is 0 Å². The predicted octanol–water partition coefficient (Wildman–Crippen LogP) is 1.63. The van der Waals surface area contributed by atoms with Gasteiger partial charge in [0.25, 0.3) is 0 Å². The first-order valence-corrected chi connectivity index (χ1v) is 9.42. The van der Waals surface area contributed by atoms with Gasteiger partial charge in [0.05, 0.1) is 35.8 Å². The third kappa shape index (κ3) is 3.30. The smallest absolute Gasteiger partial charge is 0.230 e. The van der Waals surface area contributed by atoms with Crippen molar-refractivity contribution >= 4 is 23.2 Å². The number of rotatable bonds is 4. The highest BCUT2D eigenvalue weighted by molar-refractivity contribution is 7.07. The van der Waals surface area contributed by atoms with Gasteiger partial charge in [-0.15, -0.1) is 11.3 Å². The molecule has 3 aliphatic heterocycles. The standard InChI is InChI=1S/C17H20N4O3S/c1-11-4-15(24-19-11)5-16(22)20-6-12-2-3-14(8-20)21(17(12)23)7-13-9-25-10-18-13/h4,9-10,12,14H,2-3,5-8H2,1H3/t12-,14+/m1/s1. The first kappa shape index (κ1) is 16.3. The molecule has 5 heterocycles. The van der Waals surface area contributed by atoms with Gasteiger partial charge < -0.3 is 14.3 Å². The largest absolute Gasteiger partial charge is 0.361 e. The van der Waals surface area contributed by atoms with Crippen molar-refractivity contribution in [3.63, 3.8) is 0 Å². The fourth-order valence-corrected chi connectivity index (χ4v) is 4.25. The predicted molar refractivity (Wildman–Crippen MR) is 90.7 cm³/mol. The summed E-state index contributed by atoms with van der Waals surface area (Å²) in [7, 11) is 0. The Labute approximate surface area is 149 Å². The van der Waals surface area contributed by atoms with Crippen LogP contribution in [-0.2, 0) is 22.6 Å². The number of nitrogens with zero attached hydrogens (tertiary/aromatic N) is 4. The lowest BCUT2D eigenvalue weighted by Gasteiger charge is -2.35. The van der Waals surface area contributed by atoms with E-state index in [1.54, 1.807) is 11.6 Å². The van der Waals surface area contributed by atoms with Gasteiger partial charge in [-0.2, -0.15) is 0 Å². The monoisotopic (exact) mass is 360 g/mol. The number of hydrogen-bond donors (Lipinski definition) is 0. The Morgan fingerprint density at radius 3 is 3.00 bits per heavy atom. The molecule has 2 aromatic heterocycles. The molecule has 7 nitrogen and oxygen atoms in total. The summed E-state index contributed by atoms with van der Waals surface area (Å²) in [4.78, 5) is 33.5. The SMILES string of the molecule is Cc1cc(CC(=O)N2C[C@H]3CC[C@@H](C2)N(Cc2cscn2)C3=O)on1. The van der Waals surface area contributed by atoms with E-state index in [0.29, 0.717) is 25.4 Å². The van der Waals surface area contributed by atoms with E-state index in [2.05, 4.69) is 10.1 Å². The molecule has 2 atom stereocenters. The third-order valence-electron chi connectivity index (χ3n) is 4.96. The van der Waals surface area contributed by atoms with Gasteiger partial charge in [-0.25, -0.2) is 4.98 Å². The Hall–Kier alpha value is -2.22. The average molecular weight is 360 g/mol. The lowest BCUT2D eigenvalue weighted by atomic mass is 9.94. The number of thiazole rings is 1. The number of carbonyl (C=O) groups excluding carboxylic acids is 2. The summed E-state index contributed by atoms with van der Waals surface area (Å²) < 4.78 is 5.16. The summed E-state index contributed by atoms with van der Waals surface area (Å²) in [5.41, 5.74) is 3.47. The van der Waals surface area contributed by atoms with E-state index in [0.717, 1.165) is 24.2 Å². The molecule has 2 bridgehead atoms. The first-order chi connectivity index (χ1) is 12.1. The van der Waals surface area contributed by atoms with Crippen LogP contribution in [0.3, 0.4) is 0 Å². The topological polar surface area (TPSA) is 79.5 Å². The molecule has 0 aliphatic carbocycles. The van der Waals surface area contributed by atoms with Gasteiger partial charge in [0.15, 0.2) is 0 Å². The molecule has 0 radical (unpaired) electrons. The summed E-state index contributed by atoms with van der Waals surface area (Å²) >= 11 is 1.53. The Morgan fingerprint density at radius 2 is 2.28 bits per heavy atom. The molecular formula is C17H20N4O3S. The molecule has 25 heavy (non-hydrogen) atoms. The number of carbonyl (C=O) groups is 2. The van der Waals surface area contributed by atoms with Crippen LogP contribution in [0.2, 0.25) is 0 Å². The maximum Gasteiger partial charge on any atom is 0.230 e. The zero-order valence-electron chi connectivity index (χ0n) is 14.1. The van der Waals surface area contributed by atoms with Crippen LogP contribution in [0.5, 0.6) is 0 Å². The fourth-order valence-electron chi connectivity index (χ4n) is 3.70. The molecule has 0 aromatic carbocycles. The minimum Gasteiger partial charge on any atom is -0.361 e. The van der Waals surface area contributed by atoms with Gasteiger partial charge in [-0.1, -0.05) is 5.16 Å². The minimum absolute atomic E-state index is 0.00337. The van der Waals surface area contributed by atoms with Gasteiger partial charge >= 0.3 is 0 Å². The van der Waals surface area contributed by atoms with Crippen LogP contribution in [0, 0.1) is 12.8 Å². The van der Waals surface area contributed by atoms with Crippen LogP contribution < -0.4 is 0 Å². The highest BCUT2D eigenvalue weighted by Gasteiger charge is 2.42. The molecule has 0 spiro atoms. The van der Waals surface area contributed by atoms with Gasteiger partial charge in [0.1, 0.15) is 5.76 Å². The van der Waals surface area contributed by atoms with E-state index < -0.39 is 0 Å². The van der Waals surface area contributed by atoms with Crippen molar-refractivity contribution < 1.29 is 14.1 Å². The number of piperidine rings is 1. The molecule has 2 amide bonds. The highest BCUT2D eigenvalue weighted by Crippen LogP contribution is 2.30. The normalized spacial score (nSPS) is 23.2. The van der Waals surface area contributed by atoms with Crippen LogP contribution in [0.1, 0.15) is 30.0 Å². The van der Waals surface area contributed by atoms with Crippen molar-refractivity contribution in [3.8, 4) is 0 Å². The molecule has 0 N–H and O–H groups in total. The molecule has 0 unspecified atom stereocenters. The molecular weight excluding hydrogens is 340 g/mol. The Balaban J connectivity index is 1.48. The third-order valence-corrected chi connectivity index (χ3v) is 5.60. The molecule has 132 valence electrons. The zero-order chi connectivity index (χ0) is 17.4. The van der Waals surface area contributed by atoms with Gasteiger partial charge in [-0.3, -0.25) is 9.59 Å². The summed E-state index contributed by atoms with van der Waals surface area (Å²) in [6.07, 6.45) is 1.98. The van der Waals surface area contributed by atoms with Crippen molar-refractivity contribution in [1.82, 2.24) is 19.9 Å². The maximum atomic E-state index is 12.8. The highest BCUT2D eigenvalue weighted by atomic mass is 32.1. The van der Waals surface area contributed by atoms with Gasteiger partial charge in [0.2, 0.25) is 11.8 Å². The van der Waals surface area contributed by atoms with Crippen LogP contribution >= 0.6 is 11.3 Å². The molecule has 3 saturated heterocycles. The second-order valence-electron chi connectivity index (χ2n) is 6.78. The van der Waals surface area contributed by atoms with E-state index in [9.17, 15) is 9.59 Å². The summed E-state index contributed by atoms with van der Waals surface area (Å²) in [5.74, 6) is 0.606. The number of hydrogen-bond acceptors (Lipinski definition) is 6. The van der Waals surface area contributed by atoms with Crippen LogP contribution in [0.15, 0.2) is 21.5 Å². The maximum absolute atomic E-state index is 12.8. The molecule has 3 aliphatic rings. The Morgan fingerprint density at radius 1 is 1.40 bits per heavy atom. The quantitative estimate of drug-likeness (QED) is 0.828. The van der Waals surface area contributed by atoms with Gasteiger partial charge in [-0.05, 0) is 19.8 Å². The second kappa shape index (κ2) is 6.59. The average Bonchev–Trinajstić information content (AvgIpc) is 3.15. The molecule has 8 heteroatoms. The Bertz CT molecular complexity index is 773. The zero-order valence-corrected chi connectivity index (χ0v) is 14.9. The summed E-state index contributed by atoms with van der Waals surface area (Å²) in [6, 6.07) is 1.85. The second-order valence-corrected chi connectivity index (χ2v) is 7.50. The van der Waals surface area contributed by atoms with Crippen LogP contribution in [-0.4, -0.2) is 50.9 Å². The van der Waals surface area contributed by atoms with E-state index in [1.807, 2.05) is 22.1 Å². The van der Waals surface area contributed by atoms with E-state index >= 15 is 0 Å². The van der Waals surface area contributed by atoms with E-state index in [-0.39, 0.29) is 30.2 Å². The van der Waals surface area contributed by atoms with Crippen molar-refractivity contribution in [2.45, 2.75) is 38.8 Å². The lowest BCUT2D eigenvalue weighted by Crippen LogP contribution is -2.47. The minimum atomic E-state index is -0.113. The number of aryl methyl sites for hydroxylation is 1. The van der Waals surface area contributed by atoms with Crippen molar-refractivity contribution in [2.75, 3.05) is 13.1 Å². The number of amides is 2. The lowest BCUT2D eigenvalue weighted by molar-refractivity contribution is -0.140. The van der Waals surface area contributed by atoms with Crippen molar-refractivity contribution in [2.24, 2.45) is 5.92 Å². The van der Waals surface area contributed by atoms with Crippen LogP contribution in [0.25, 0.3) is 0 Å². The molecule has 0 saturated carbocycles. The van der Waals surface area contributed by atoms with E-state index in [4.69, 9.17) is 4.52 Å². The van der Waals surface area contributed by atoms with E-state index in [1.165, 1.54) is 11.3 Å². The Kier molecular flexibility index (Phi) is 4.29. The summed E-state index contributed by atoms with van der Waals surface area (Å²) in [5, 5.41) is 5.80. The molecule has 5 rings (SSSR count). The first-order valence-electron chi connectivity index (χ1n) is 8.47. The molecule has 2 aromatic rings. The van der Waals surface area contributed by atoms with Crippen molar-refractivity contribution in [3.05, 3.63) is 34.1 Å². The fraction of sp³-hybridized carbons (Fsp3) is 0.529.